The van der Waals surface area contributed by atoms with E-state index in [1.165, 1.54) is 0 Å². The van der Waals surface area contributed by atoms with E-state index < -0.39 is 5.97 Å². The monoisotopic (exact) mass is 258 g/mol. The summed E-state index contributed by atoms with van der Waals surface area (Å²) in [6.45, 7) is 5.88. The van der Waals surface area contributed by atoms with Crippen molar-refractivity contribution in [3.63, 3.8) is 0 Å². The molecule has 0 bridgehead atoms. The highest BCUT2D eigenvalue weighted by Crippen LogP contribution is 2.24. The predicted octanol–water partition coefficient (Wildman–Crippen LogP) is 2.89. The lowest BCUT2D eigenvalue weighted by molar-refractivity contribution is 0.0689. The lowest BCUT2D eigenvalue weighted by atomic mass is 10.1. The summed E-state index contributed by atoms with van der Waals surface area (Å²) in [5, 5.41) is 10.6. The minimum absolute atomic E-state index is 0.243. The maximum absolute atomic E-state index is 10.8. The SMILES string of the molecule is CC(C)CCOCCOc1ccsc1C(=O)O. The Bertz CT molecular complexity index is 346. The van der Waals surface area contributed by atoms with E-state index in [9.17, 15) is 4.79 Å². The third-order valence-corrected chi connectivity index (χ3v) is 3.03. The Morgan fingerprint density at radius 3 is 2.82 bits per heavy atom. The number of thiophene rings is 1. The quantitative estimate of drug-likeness (QED) is 0.728. The van der Waals surface area contributed by atoms with Crippen LogP contribution in [-0.2, 0) is 4.74 Å². The molecule has 0 spiro atoms. The van der Waals surface area contributed by atoms with E-state index in [4.69, 9.17) is 14.6 Å². The Morgan fingerprint density at radius 1 is 1.41 bits per heavy atom. The number of carboxylic acid groups (broad SMARTS) is 1. The van der Waals surface area contributed by atoms with Crippen LogP contribution >= 0.6 is 11.3 Å². The predicted molar refractivity (Wildman–Crippen MR) is 67.0 cm³/mol. The zero-order chi connectivity index (χ0) is 12.7. The summed E-state index contributed by atoms with van der Waals surface area (Å²) in [6.07, 6.45) is 1.03. The zero-order valence-electron chi connectivity index (χ0n) is 10.1. The van der Waals surface area contributed by atoms with Crippen LogP contribution in [0.2, 0.25) is 0 Å². The van der Waals surface area contributed by atoms with Crippen LogP contribution in [0.1, 0.15) is 29.9 Å². The van der Waals surface area contributed by atoms with Crippen LogP contribution in [0.15, 0.2) is 11.4 Å². The molecule has 0 fully saturated rings. The third kappa shape index (κ3) is 5.19. The van der Waals surface area contributed by atoms with E-state index in [2.05, 4.69) is 13.8 Å². The average molecular weight is 258 g/mol. The Morgan fingerprint density at radius 2 is 2.18 bits per heavy atom. The van der Waals surface area contributed by atoms with E-state index in [1.54, 1.807) is 11.4 Å². The molecule has 0 saturated carbocycles. The van der Waals surface area contributed by atoms with Crippen molar-refractivity contribution in [1.82, 2.24) is 0 Å². The topological polar surface area (TPSA) is 55.8 Å². The van der Waals surface area contributed by atoms with E-state index in [0.29, 0.717) is 24.9 Å². The van der Waals surface area contributed by atoms with Gasteiger partial charge < -0.3 is 14.6 Å². The fourth-order valence-corrected chi connectivity index (χ4v) is 1.87. The largest absolute Gasteiger partial charge is 0.489 e. The Labute approximate surface area is 105 Å². The van der Waals surface area contributed by atoms with Crippen molar-refractivity contribution in [2.24, 2.45) is 5.92 Å². The summed E-state index contributed by atoms with van der Waals surface area (Å²) in [5.74, 6) is 0.108. The highest BCUT2D eigenvalue weighted by Gasteiger charge is 2.12. The molecule has 0 aliphatic carbocycles. The second-order valence-electron chi connectivity index (χ2n) is 4.06. The van der Waals surface area contributed by atoms with Gasteiger partial charge in [-0.3, -0.25) is 0 Å². The molecule has 5 heteroatoms. The minimum Gasteiger partial charge on any atom is -0.489 e. The summed E-state index contributed by atoms with van der Waals surface area (Å²) in [4.78, 5) is 11.0. The number of carbonyl (C=O) groups is 1. The first-order valence-corrected chi connectivity index (χ1v) is 6.50. The molecule has 1 rings (SSSR count). The van der Waals surface area contributed by atoms with Crippen LogP contribution in [-0.4, -0.2) is 30.9 Å². The summed E-state index contributed by atoms with van der Waals surface area (Å²) >= 11 is 1.16. The zero-order valence-corrected chi connectivity index (χ0v) is 11.0. The molecular formula is C12H18O4S. The smallest absolute Gasteiger partial charge is 0.349 e. The normalized spacial score (nSPS) is 10.8. The maximum Gasteiger partial charge on any atom is 0.349 e. The molecule has 0 unspecified atom stereocenters. The van der Waals surface area contributed by atoms with Crippen LogP contribution in [0.5, 0.6) is 5.75 Å². The number of ether oxygens (including phenoxy) is 2. The van der Waals surface area contributed by atoms with Gasteiger partial charge in [0, 0.05) is 6.61 Å². The van der Waals surface area contributed by atoms with Gasteiger partial charge in [0.1, 0.15) is 12.4 Å². The summed E-state index contributed by atoms with van der Waals surface area (Å²) in [7, 11) is 0. The molecule has 0 atom stereocenters. The van der Waals surface area contributed by atoms with Gasteiger partial charge in [-0.1, -0.05) is 13.8 Å². The van der Waals surface area contributed by atoms with Crippen LogP contribution in [0.25, 0.3) is 0 Å². The Hall–Kier alpha value is -1.07. The van der Waals surface area contributed by atoms with Gasteiger partial charge in [0.15, 0.2) is 4.88 Å². The first-order valence-electron chi connectivity index (χ1n) is 5.62. The Balaban J connectivity index is 2.18. The summed E-state index contributed by atoms with van der Waals surface area (Å²) < 4.78 is 10.7. The van der Waals surface area contributed by atoms with E-state index in [0.717, 1.165) is 24.4 Å². The number of hydrogen-bond acceptors (Lipinski definition) is 4. The molecule has 1 heterocycles. The average Bonchev–Trinajstić information content (AvgIpc) is 2.71. The summed E-state index contributed by atoms with van der Waals surface area (Å²) in [5.41, 5.74) is 0. The molecule has 96 valence electrons. The van der Waals surface area contributed by atoms with Crippen molar-refractivity contribution < 1.29 is 19.4 Å². The fourth-order valence-electron chi connectivity index (χ4n) is 1.20. The molecule has 1 N–H and O–H groups in total. The van der Waals surface area contributed by atoms with Gasteiger partial charge in [0.25, 0.3) is 0 Å². The standard InChI is InChI=1S/C12H18O4S/c1-9(2)3-5-15-6-7-16-10-4-8-17-11(10)12(13)14/h4,8-9H,3,5-7H2,1-2H3,(H,13,14). The van der Waals surface area contributed by atoms with Gasteiger partial charge in [-0.25, -0.2) is 4.79 Å². The van der Waals surface area contributed by atoms with E-state index in [1.807, 2.05) is 0 Å². The van der Waals surface area contributed by atoms with Gasteiger partial charge in [-0.2, -0.15) is 0 Å². The molecule has 17 heavy (non-hydrogen) atoms. The van der Waals surface area contributed by atoms with Crippen LogP contribution in [0.4, 0.5) is 0 Å². The fraction of sp³-hybridized carbons (Fsp3) is 0.583. The molecule has 0 saturated heterocycles. The molecule has 1 aromatic heterocycles. The molecular weight excluding hydrogens is 240 g/mol. The molecule has 0 aromatic carbocycles. The van der Waals surface area contributed by atoms with Crippen molar-refractivity contribution in [1.29, 1.82) is 0 Å². The summed E-state index contributed by atoms with van der Waals surface area (Å²) in [6, 6.07) is 1.67. The second-order valence-corrected chi connectivity index (χ2v) is 4.98. The molecule has 0 amide bonds. The van der Waals surface area contributed by atoms with E-state index in [-0.39, 0.29) is 4.88 Å². The molecule has 1 aromatic rings. The highest BCUT2D eigenvalue weighted by atomic mass is 32.1. The van der Waals surface area contributed by atoms with Crippen LogP contribution in [0, 0.1) is 5.92 Å². The minimum atomic E-state index is -0.948. The van der Waals surface area contributed by atoms with Gasteiger partial charge in [0.2, 0.25) is 0 Å². The first kappa shape index (κ1) is 14.0. The molecule has 0 radical (unpaired) electrons. The van der Waals surface area contributed by atoms with Crippen molar-refractivity contribution in [3.05, 3.63) is 16.3 Å². The number of rotatable bonds is 8. The van der Waals surface area contributed by atoms with Gasteiger partial charge in [-0.05, 0) is 23.8 Å². The lowest BCUT2D eigenvalue weighted by Gasteiger charge is -2.07. The Kier molecular flexibility index (Phi) is 6.00. The van der Waals surface area contributed by atoms with Crippen molar-refractivity contribution >= 4 is 17.3 Å². The van der Waals surface area contributed by atoms with Crippen molar-refractivity contribution in [3.8, 4) is 5.75 Å². The van der Waals surface area contributed by atoms with Crippen molar-refractivity contribution in [2.45, 2.75) is 20.3 Å². The van der Waals surface area contributed by atoms with Gasteiger partial charge in [-0.15, -0.1) is 11.3 Å². The second kappa shape index (κ2) is 7.29. The van der Waals surface area contributed by atoms with Crippen LogP contribution in [0.3, 0.4) is 0 Å². The molecule has 0 aliphatic rings. The highest BCUT2D eigenvalue weighted by molar-refractivity contribution is 7.12. The van der Waals surface area contributed by atoms with Crippen molar-refractivity contribution in [2.75, 3.05) is 19.8 Å². The molecule has 4 nitrogen and oxygen atoms in total. The first-order chi connectivity index (χ1) is 8.11. The van der Waals surface area contributed by atoms with Gasteiger partial charge in [0.05, 0.1) is 6.61 Å². The lowest BCUT2D eigenvalue weighted by Crippen LogP contribution is -2.09. The maximum atomic E-state index is 10.8. The van der Waals surface area contributed by atoms with E-state index >= 15 is 0 Å². The number of hydrogen-bond donors (Lipinski definition) is 1. The molecule has 0 aliphatic heterocycles. The third-order valence-electron chi connectivity index (χ3n) is 2.15. The van der Waals surface area contributed by atoms with Gasteiger partial charge >= 0.3 is 5.97 Å². The van der Waals surface area contributed by atoms with Crippen LogP contribution < -0.4 is 4.74 Å². The number of carboxylic acids is 1. The number of aromatic carboxylic acids is 1.